The van der Waals surface area contributed by atoms with E-state index in [4.69, 9.17) is 17.3 Å². The molecular weight excluding hydrogens is 431 g/mol. The minimum atomic E-state index is -1.39. The fourth-order valence-electron chi connectivity index (χ4n) is 4.24. The fourth-order valence-corrected chi connectivity index (χ4v) is 5.85. The molecule has 3 aromatic rings. The number of carboxylic acids is 1. The molecule has 5 rings (SSSR count). The van der Waals surface area contributed by atoms with Gasteiger partial charge in [0.2, 0.25) is 5.43 Å². The Morgan fingerprint density at radius 2 is 2.07 bits per heavy atom. The molecule has 1 saturated carbocycles. The summed E-state index contributed by atoms with van der Waals surface area (Å²) in [5.41, 5.74) is 5.78. The van der Waals surface area contributed by atoms with Gasteiger partial charge in [0.25, 0.3) is 0 Å². The highest BCUT2D eigenvalue weighted by Gasteiger charge is 2.32. The Morgan fingerprint density at radius 3 is 2.70 bits per heavy atom. The van der Waals surface area contributed by atoms with E-state index in [1.807, 2.05) is 6.07 Å². The van der Waals surface area contributed by atoms with Gasteiger partial charge < -0.3 is 20.5 Å². The first kappa shape index (κ1) is 19.5. The number of hydrogen-bond donors (Lipinski definition) is 3. The molecule has 4 N–H and O–H groups in total. The first-order chi connectivity index (χ1) is 14.3. The van der Waals surface area contributed by atoms with E-state index >= 15 is 4.39 Å². The number of pyridine rings is 1. The lowest BCUT2D eigenvalue weighted by molar-refractivity contribution is 0.0695. The van der Waals surface area contributed by atoms with E-state index < -0.39 is 28.9 Å². The minimum Gasteiger partial charge on any atom is -0.477 e. The van der Waals surface area contributed by atoms with Gasteiger partial charge in [-0.25, -0.2) is 9.18 Å². The van der Waals surface area contributed by atoms with Gasteiger partial charge in [-0.3, -0.25) is 4.79 Å². The zero-order chi connectivity index (χ0) is 21.3. The molecule has 6 nitrogen and oxygen atoms in total. The molecule has 1 atom stereocenters. The maximum atomic E-state index is 15.9. The number of rotatable bonds is 3. The number of anilines is 1. The molecule has 2 heterocycles. The summed E-state index contributed by atoms with van der Waals surface area (Å²) in [5.74, 6) is -2.09. The number of carboxylic acid groups (broad SMARTS) is 1. The Labute approximate surface area is 179 Å². The molecule has 0 saturated heterocycles. The van der Waals surface area contributed by atoms with Crippen molar-refractivity contribution < 1.29 is 19.4 Å². The number of hydrogen-bond acceptors (Lipinski definition) is 5. The fraction of sp³-hybridized carbons (Fsp3) is 0.333. The number of aromatic nitrogens is 1. The van der Waals surface area contributed by atoms with Gasteiger partial charge in [0, 0.05) is 22.0 Å². The molecule has 9 heteroatoms. The molecular formula is C21H18ClFN2O4S. The molecule has 0 amide bonds. The summed E-state index contributed by atoms with van der Waals surface area (Å²) in [6.07, 6.45) is 4.42. The van der Waals surface area contributed by atoms with Crippen LogP contribution in [0.2, 0.25) is 5.02 Å². The summed E-state index contributed by atoms with van der Waals surface area (Å²) < 4.78 is 17.4. The summed E-state index contributed by atoms with van der Waals surface area (Å²) in [6, 6.07) is 1.73. The number of aliphatic hydroxyl groups excluding tert-OH is 1. The van der Waals surface area contributed by atoms with Crippen LogP contribution < -0.4 is 11.2 Å². The SMILES string of the molecule is Nc1c(Cl)c(-c2cc3c(s2)C(O)CCC3)c(F)c2c1c(=O)c(C(=O)O)cn2C1CC1. The number of benzene rings is 1. The molecule has 2 aromatic heterocycles. The van der Waals surface area contributed by atoms with Gasteiger partial charge in [-0.15, -0.1) is 11.3 Å². The average molecular weight is 449 g/mol. The van der Waals surface area contributed by atoms with E-state index in [1.54, 1.807) is 0 Å². The second-order valence-corrected chi connectivity index (χ2v) is 9.33. The van der Waals surface area contributed by atoms with Crippen molar-refractivity contribution in [3.8, 4) is 10.4 Å². The molecule has 0 spiro atoms. The normalized spacial score (nSPS) is 18.6. The standard InChI is InChI=1S/C21H18ClFN2O4S/c22-15-13(12-6-8-2-1-3-11(26)20(8)30-12)16(23)18-14(17(15)24)19(27)10(21(28)29)7-25(18)9-4-5-9/h6-7,9,11,26H,1-5,24H2,(H,28,29). The van der Waals surface area contributed by atoms with E-state index in [1.165, 1.54) is 22.1 Å². The van der Waals surface area contributed by atoms with Crippen molar-refractivity contribution in [2.24, 2.45) is 0 Å². The Kier molecular flexibility index (Phi) is 4.43. The van der Waals surface area contributed by atoms with Crippen LogP contribution >= 0.6 is 22.9 Å². The molecule has 30 heavy (non-hydrogen) atoms. The van der Waals surface area contributed by atoms with Crippen LogP contribution in [0.5, 0.6) is 0 Å². The Morgan fingerprint density at radius 1 is 1.33 bits per heavy atom. The number of thiophene rings is 1. The lowest BCUT2D eigenvalue weighted by Gasteiger charge is -2.17. The number of fused-ring (bicyclic) bond motifs is 2. The third-order valence-corrected chi connectivity index (χ3v) is 7.56. The van der Waals surface area contributed by atoms with Gasteiger partial charge in [-0.2, -0.15) is 0 Å². The quantitative estimate of drug-likeness (QED) is 0.511. The van der Waals surface area contributed by atoms with Crippen molar-refractivity contribution in [3.05, 3.63) is 49.3 Å². The smallest absolute Gasteiger partial charge is 0.341 e. The number of nitrogens with two attached hydrogens (primary N) is 1. The zero-order valence-electron chi connectivity index (χ0n) is 15.7. The zero-order valence-corrected chi connectivity index (χ0v) is 17.3. The van der Waals surface area contributed by atoms with E-state index in [0.29, 0.717) is 11.3 Å². The van der Waals surface area contributed by atoms with Crippen LogP contribution in [-0.4, -0.2) is 20.7 Å². The van der Waals surface area contributed by atoms with E-state index in [0.717, 1.165) is 36.1 Å². The van der Waals surface area contributed by atoms with Crippen LogP contribution in [0.15, 0.2) is 17.1 Å². The molecule has 0 aliphatic heterocycles. The molecule has 1 fully saturated rings. The summed E-state index contributed by atoms with van der Waals surface area (Å²) >= 11 is 7.72. The van der Waals surface area contributed by atoms with Crippen LogP contribution in [-0.2, 0) is 6.42 Å². The number of nitrogens with zero attached hydrogens (tertiary/aromatic N) is 1. The van der Waals surface area contributed by atoms with Crippen molar-refractivity contribution in [2.75, 3.05) is 5.73 Å². The molecule has 0 radical (unpaired) electrons. The summed E-state index contributed by atoms with van der Waals surface area (Å²) in [5, 5.41) is 19.4. The lowest BCUT2D eigenvalue weighted by atomic mass is 9.96. The number of aromatic carboxylic acids is 1. The van der Waals surface area contributed by atoms with Crippen molar-refractivity contribution in [2.45, 2.75) is 44.2 Å². The van der Waals surface area contributed by atoms with Gasteiger partial charge in [-0.05, 0) is 43.7 Å². The van der Waals surface area contributed by atoms with Crippen molar-refractivity contribution >= 4 is 45.5 Å². The minimum absolute atomic E-state index is 0.0173. The van der Waals surface area contributed by atoms with Crippen LogP contribution in [0.4, 0.5) is 10.1 Å². The van der Waals surface area contributed by atoms with Crippen molar-refractivity contribution in [1.82, 2.24) is 4.57 Å². The van der Waals surface area contributed by atoms with E-state index in [-0.39, 0.29) is 33.2 Å². The van der Waals surface area contributed by atoms with Gasteiger partial charge in [0.15, 0.2) is 5.82 Å². The van der Waals surface area contributed by atoms with Gasteiger partial charge in [-0.1, -0.05) is 11.6 Å². The largest absolute Gasteiger partial charge is 0.477 e. The predicted molar refractivity (Wildman–Crippen MR) is 114 cm³/mol. The maximum absolute atomic E-state index is 15.9. The number of nitrogen functional groups attached to an aromatic ring is 1. The van der Waals surface area contributed by atoms with Gasteiger partial charge in [0.1, 0.15) is 5.56 Å². The molecule has 2 aliphatic rings. The third kappa shape index (κ3) is 2.78. The monoisotopic (exact) mass is 448 g/mol. The van der Waals surface area contributed by atoms with Crippen LogP contribution in [0.25, 0.3) is 21.3 Å². The van der Waals surface area contributed by atoms with Crippen molar-refractivity contribution in [3.63, 3.8) is 0 Å². The van der Waals surface area contributed by atoms with E-state index in [2.05, 4.69) is 0 Å². The molecule has 2 aliphatic carbocycles. The van der Waals surface area contributed by atoms with Crippen LogP contribution in [0.3, 0.4) is 0 Å². The second kappa shape index (κ2) is 6.80. The topological polar surface area (TPSA) is 106 Å². The number of halogens is 2. The van der Waals surface area contributed by atoms with Crippen LogP contribution in [0, 0.1) is 5.82 Å². The first-order valence-corrected chi connectivity index (χ1v) is 10.9. The second-order valence-electron chi connectivity index (χ2n) is 7.86. The van der Waals surface area contributed by atoms with E-state index in [9.17, 15) is 19.8 Å². The molecule has 1 aromatic carbocycles. The third-order valence-electron chi connectivity index (χ3n) is 5.87. The summed E-state index contributed by atoms with van der Waals surface area (Å²) in [7, 11) is 0. The molecule has 156 valence electrons. The number of aliphatic hydroxyl groups is 1. The van der Waals surface area contributed by atoms with Crippen molar-refractivity contribution in [1.29, 1.82) is 0 Å². The Bertz CT molecular complexity index is 1290. The highest BCUT2D eigenvalue weighted by Crippen LogP contribution is 2.47. The van der Waals surface area contributed by atoms with Crippen LogP contribution in [0.1, 0.15) is 58.6 Å². The molecule has 1 unspecified atom stereocenters. The first-order valence-electron chi connectivity index (χ1n) is 9.69. The number of carbonyl (C=O) groups is 1. The number of aryl methyl sites for hydroxylation is 1. The highest BCUT2D eigenvalue weighted by atomic mass is 35.5. The highest BCUT2D eigenvalue weighted by molar-refractivity contribution is 7.15. The lowest BCUT2D eigenvalue weighted by Crippen LogP contribution is -2.21. The molecule has 0 bridgehead atoms. The summed E-state index contributed by atoms with van der Waals surface area (Å²) in [4.78, 5) is 25.7. The van der Waals surface area contributed by atoms with Gasteiger partial charge >= 0.3 is 5.97 Å². The predicted octanol–water partition coefficient (Wildman–Crippen LogP) is 4.51. The maximum Gasteiger partial charge on any atom is 0.341 e. The Balaban J connectivity index is 1.86. The Hall–Kier alpha value is -2.42. The average Bonchev–Trinajstić information content (AvgIpc) is 3.45. The summed E-state index contributed by atoms with van der Waals surface area (Å²) in [6.45, 7) is 0. The van der Waals surface area contributed by atoms with Gasteiger partial charge in [0.05, 0.1) is 33.3 Å².